The lowest BCUT2D eigenvalue weighted by atomic mass is 10.1. The van der Waals surface area contributed by atoms with Crippen LogP contribution in [0.2, 0.25) is 0 Å². The molecule has 1 fully saturated rings. The van der Waals surface area contributed by atoms with Gasteiger partial charge in [-0.25, -0.2) is 4.39 Å². The summed E-state index contributed by atoms with van der Waals surface area (Å²) in [6.07, 6.45) is 2.27. The van der Waals surface area contributed by atoms with E-state index in [1.165, 1.54) is 4.90 Å². The second kappa shape index (κ2) is 7.17. The van der Waals surface area contributed by atoms with Crippen molar-refractivity contribution < 1.29 is 18.9 Å². The van der Waals surface area contributed by atoms with Crippen LogP contribution in [0.1, 0.15) is 32.6 Å². The van der Waals surface area contributed by atoms with Gasteiger partial charge in [-0.3, -0.25) is 19.7 Å². The smallest absolute Gasteiger partial charge is 0.295 e. The summed E-state index contributed by atoms with van der Waals surface area (Å²) < 4.78 is 13.1. The molecule has 23 heavy (non-hydrogen) atoms. The van der Waals surface area contributed by atoms with Gasteiger partial charge in [0.05, 0.1) is 11.0 Å². The molecule has 1 saturated heterocycles. The van der Waals surface area contributed by atoms with Crippen LogP contribution in [0.5, 0.6) is 0 Å². The fourth-order valence-electron chi connectivity index (χ4n) is 2.67. The number of nitrogens with one attached hydrogen (secondary N) is 1. The van der Waals surface area contributed by atoms with E-state index in [-0.39, 0.29) is 11.6 Å². The number of nitro groups is 1. The third kappa shape index (κ3) is 3.82. The van der Waals surface area contributed by atoms with Gasteiger partial charge >= 0.3 is 0 Å². The summed E-state index contributed by atoms with van der Waals surface area (Å²) in [5.74, 6) is -1.34. The van der Waals surface area contributed by atoms with Crippen LogP contribution in [0, 0.1) is 15.9 Å². The molecule has 1 heterocycles. The molecule has 124 valence electrons. The van der Waals surface area contributed by atoms with Crippen molar-refractivity contribution in [3.8, 4) is 0 Å². The summed E-state index contributed by atoms with van der Waals surface area (Å²) in [7, 11) is 0. The minimum Gasteiger partial charge on any atom is -0.331 e. The molecule has 8 heteroatoms. The van der Waals surface area contributed by atoms with E-state index in [9.17, 15) is 24.1 Å². The van der Waals surface area contributed by atoms with E-state index < -0.39 is 28.4 Å². The second-order valence-corrected chi connectivity index (χ2v) is 5.40. The van der Waals surface area contributed by atoms with Crippen LogP contribution in [0.4, 0.5) is 15.8 Å². The molecule has 1 atom stereocenters. The van der Waals surface area contributed by atoms with E-state index in [0.29, 0.717) is 32.2 Å². The van der Waals surface area contributed by atoms with Crippen LogP contribution in [-0.4, -0.2) is 34.2 Å². The van der Waals surface area contributed by atoms with E-state index in [0.717, 1.165) is 18.2 Å². The zero-order valence-electron chi connectivity index (χ0n) is 12.8. The summed E-state index contributed by atoms with van der Waals surface area (Å²) in [4.78, 5) is 36.1. The van der Waals surface area contributed by atoms with Crippen molar-refractivity contribution >= 4 is 23.2 Å². The topological polar surface area (TPSA) is 92.6 Å². The third-order valence-corrected chi connectivity index (χ3v) is 3.75. The first-order valence-electron chi connectivity index (χ1n) is 7.48. The Bertz CT molecular complexity index is 635. The number of nitrogens with zero attached hydrogens (tertiary/aromatic N) is 2. The predicted octanol–water partition coefficient (Wildman–Crippen LogP) is 2.46. The third-order valence-electron chi connectivity index (χ3n) is 3.75. The van der Waals surface area contributed by atoms with Crippen molar-refractivity contribution in [1.29, 1.82) is 0 Å². The predicted molar refractivity (Wildman–Crippen MR) is 81.3 cm³/mol. The lowest BCUT2D eigenvalue weighted by Gasteiger charge is -2.23. The molecule has 2 amide bonds. The number of nitro benzene ring substituents is 1. The summed E-state index contributed by atoms with van der Waals surface area (Å²) in [5, 5.41) is 13.4. The van der Waals surface area contributed by atoms with Gasteiger partial charge in [-0.2, -0.15) is 0 Å². The van der Waals surface area contributed by atoms with E-state index >= 15 is 0 Å². The van der Waals surface area contributed by atoms with Crippen LogP contribution < -0.4 is 5.32 Å². The molecule has 1 aromatic rings. The van der Waals surface area contributed by atoms with Crippen molar-refractivity contribution in [2.75, 3.05) is 11.9 Å². The van der Waals surface area contributed by atoms with Gasteiger partial charge in [-0.05, 0) is 31.4 Å². The monoisotopic (exact) mass is 323 g/mol. The van der Waals surface area contributed by atoms with Crippen molar-refractivity contribution in [1.82, 2.24) is 4.90 Å². The summed E-state index contributed by atoms with van der Waals surface area (Å²) in [6, 6.07) is 2.30. The minimum absolute atomic E-state index is 0.0730. The molecule has 1 aliphatic rings. The molecule has 0 unspecified atom stereocenters. The second-order valence-electron chi connectivity index (χ2n) is 5.40. The number of likely N-dealkylation sites (tertiary alicyclic amines) is 1. The minimum atomic E-state index is -0.757. The lowest BCUT2D eigenvalue weighted by Crippen LogP contribution is -2.43. The standard InChI is InChI=1S/C15H18FN3O4/c1-2-4-14(20)18-8-3-5-12(18)15(21)17-11-7-6-10(16)9-13(11)19(22)23/h6-7,9,12H,2-5,8H2,1H3,(H,17,21)/t12-/m1/s1. The van der Waals surface area contributed by atoms with Crippen LogP contribution >= 0.6 is 0 Å². The van der Waals surface area contributed by atoms with E-state index in [2.05, 4.69) is 5.32 Å². The fraction of sp³-hybridized carbons (Fsp3) is 0.467. The van der Waals surface area contributed by atoms with Gasteiger partial charge in [0.1, 0.15) is 17.5 Å². The van der Waals surface area contributed by atoms with Gasteiger partial charge in [0.25, 0.3) is 5.69 Å². The zero-order chi connectivity index (χ0) is 17.0. The summed E-state index contributed by atoms with van der Waals surface area (Å²) >= 11 is 0. The van der Waals surface area contributed by atoms with Gasteiger partial charge in [0.2, 0.25) is 11.8 Å². The molecule has 0 aromatic heterocycles. The maximum absolute atomic E-state index is 13.1. The molecule has 0 saturated carbocycles. The van der Waals surface area contributed by atoms with Crippen molar-refractivity contribution in [2.24, 2.45) is 0 Å². The Hall–Kier alpha value is -2.51. The molecule has 2 rings (SSSR count). The fourth-order valence-corrected chi connectivity index (χ4v) is 2.67. The highest BCUT2D eigenvalue weighted by molar-refractivity contribution is 5.99. The average molecular weight is 323 g/mol. The van der Waals surface area contributed by atoms with Gasteiger partial charge in [0, 0.05) is 13.0 Å². The normalized spacial score (nSPS) is 17.1. The molecule has 0 radical (unpaired) electrons. The van der Waals surface area contributed by atoms with Crippen LogP contribution in [0.3, 0.4) is 0 Å². The first-order chi connectivity index (χ1) is 10.9. The Morgan fingerprint density at radius 1 is 1.48 bits per heavy atom. The number of amides is 2. The Labute approximate surface area is 132 Å². The molecule has 0 spiro atoms. The Kier molecular flexibility index (Phi) is 5.25. The van der Waals surface area contributed by atoms with Crippen molar-refractivity contribution in [3.05, 3.63) is 34.1 Å². The van der Waals surface area contributed by atoms with Crippen molar-refractivity contribution in [2.45, 2.75) is 38.6 Å². The Morgan fingerprint density at radius 3 is 2.87 bits per heavy atom. The maximum Gasteiger partial charge on any atom is 0.295 e. The molecule has 0 aliphatic carbocycles. The number of halogens is 1. The zero-order valence-corrected chi connectivity index (χ0v) is 12.8. The Balaban J connectivity index is 2.15. The van der Waals surface area contributed by atoms with E-state index in [1.807, 2.05) is 6.92 Å². The molecule has 1 aliphatic heterocycles. The van der Waals surface area contributed by atoms with E-state index in [1.54, 1.807) is 0 Å². The average Bonchev–Trinajstić information content (AvgIpc) is 2.98. The molecular weight excluding hydrogens is 305 g/mol. The molecular formula is C15H18FN3O4. The number of carbonyl (C=O) groups excluding carboxylic acids is 2. The van der Waals surface area contributed by atoms with E-state index in [4.69, 9.17) is 0 Å². The SMILES string of the molecule is CCCC(=O)N1CCC[C@@H]1C(=O)Nc1ccc(F)cc1[N+](=O)[O-]. The first kappa shape index (κ1) is 16.9. The highest BCUT2D eigenvalue weighted by atomic mass is 19.1. The van der Waals surface area contributed by atoms with Gasteiger partial charge in [-0.1, -0.05) is 6.92 Å². The van der Waals surface area contributed by atoms with Crippen molar-refractivity contribution in [3.63, 3.8) is 0 Å². The summed E-state index contributed by atoms with van der Waals surface area (Å²) in [5.41, 5.74) is -0.584. The van der Waals surface area contributed by atoms with Gasteiger partial charge in [0.15, 0.2) is 0 Å². The lowest BCUT2D eigenvalue weighted by molar-refractivity contribution is -0.384. The van der Waals surface area contributed by atoms with Crippen LogP contribution in [-0.2, 0) is 9.59 Å². The Morgan fingerprint density at radius 2 is 2.22 bits per heavy atom. The van der Waals surface area contributed by atoms with Gasteiger partial charge in [-0.15, -0.1) is 0 Å². The molecule has 1 N–H and O–H groups in total. The number of carbonyl (C=O) groups is 2. The number of rotatable bonds is 5. The molecule has 7 nitrogen and oxygen atoms in total. The quantitative estimate of drug-likeness (QED) is 0.665. The van der Waals surface area contributed by atoms with Gasteiger partial charge < -0.3 is 10.2 Å². The highest BCUT2D eigenvalue weighted by Crippen LogP contribution is 2.27. The molecule has 1 aromatic carbocycles. The first-order valence-corrected chi connectivity index (χ1v) is 7.48. The van der Waals surface area contributed by atoms with Crippen LogP contribution in [0.25, 0.3) is 0 Å². The maximum atomic E-state index is 13.1. The number of benzene rings is 1. The molecule has 0 bridgehead atoms. The number of anilines is 1. The van der Waals surface area contributed by atoms with Crippen LogP contribution in [0.15, 0.2) is 18.2 Å². The highest BCUT2D eigenvalue weighted by Gasteiger charge is 2.34. The number of hydrogen-bond acceptors (Lipinski definition) is 4. The largest absolute Gasteiger partial charge is 0.331 e. The summed E-state index contributed by atoms with van der Waals surface area (Å²) in [6.45, 7) is 2.38. The number of hydrogen-bond donors (Lipinski definition) is 1.